The molecule has 7 nitrogen and oxygen atoms in total. The van der Waals surface area contributed by atoms with E-state index in [4.69, 9.17) is 28.2 Å². The Bertz CT molecular complexity index is 1240. The van der Waals surface area contributed by atoms with Gasteiger partial charge in [-0.1, -0.05) is 29.3 Å². The maximum Gasteiger partial charge on any atom is 0.227 e. The zero-order valence-electron chi connectivity index (χ0n) is 19.2. The van der Waals surface area contributed by atoms with Crippen LogP contribution in [0.5, 0.6) is 0 Å². The van der Waals surface area contributed by atoms with Gasteiger partial charge < -0.3 is 19.5 Å². The molecule has 0 unspecified atom stereocenters. The van der Waals surface area contributed by atoms with E-state index >= 15 is 0 Å². The molecule has 9 heteroatoms. The Kier molecular flexibility index (Phi) is 6.80. The van der Waals surface area contributed by atoms with Crippen LogP contribution in [0.2, 0.25) is 10.0 Å². The monoisotopic (exact) mass is 501 g/mol. The molecule has 1 aromatic carbocycles. The Morgan fingerprint density at radius 1 is 1.18 bits per heavy atom. The second-order valence-electron chi connectivity index (χ2n) is 9.43. The normalized spacial score (nSPS) is 20.5. The van der Waals surface area contributed by atoms with Gasteiger partial charge in [0.2, 0.25) is 5.95 Å². The fraction of sp³-hybridized carbons (Fsp3) is 0.480. The number of piperidine rings is 1. The highest BCUT2D eigenvalue weighted by atomic mass is 35.5. The van der Waals surface area contributed by atoms with Gasteiger partial charge in [0.25, 0.3) is 0 Å². The molecular weight excluding hydrogens is 473 g/mol. The van der Waals surface area contributed by atoms with Crippen LogP contribution in [0.25, 0.3) is 11.0 Å². The Balaban J connectivity index is 1.39. The molecule has 3 aromatic rings. The van der Waals surface area contributed by atoms with Crippen LogP contribution in [0.4, 0.5) is 5.95 Å². The number of anilines is 1. The van der Waals surface area contributed by atoms with Crippen molar-refractivity contribution in [3.63, 3.8) is 0 Å². The average molecular weight is 502 g/mol. The van der Waals surface area contributed by atoms with Gasteiger partial charge in [0.15, 0.2) is 5.43 Å². The van der Waals surface area contributed by atoms with E-state index in [1.54, 1.807) is 24.5 Å². The lowest BCUT2D eigenvalue weighted by atomic mass is 9.81. The lowest BCUT2D eigenvalue weighted by Gasteiger charge is -2.46. The van der Waals surface area contributed by atoms with Crippen molar-refractivity contribution in [3.05, 3.63) is 62.5 Å². The van der Waals surface area contributed by atoms with Crippen LogP contribution in [0.1, 0.15) is 31.4 Å². The van der Waals surface area contributed by atoms with Crippen molar-refractivity contribution >= 4 is 40.2 Å². The van der Waals surface area contributed by atoms with E-state index in [2.05, 4.69) is 14.8 Å². The Labute approximate surface area is 208 Å². The Hall–Kier alpha value is -2.19. The SMILES string of the molecule is C[C@H](c1ccc(Cl)cc1Cl)n1ccc(=O)c2cnc(N3CC([C@H]4CCCN(CCO)C4)C3)nc21. The summed E-state index contributed by atoms with van der Waals surface area (Å²) in [6, 6.07) is 6.86. The van der Waals surface area contributed by atoms with Crippen molar-refractivity contribution in [1.29, 1.82) is 0 Å². The smallest absolute Gasteiger partial charge is 0.227 e. The first-order chi connectivity index (χ1) is 16.4. The van der Waals surface area contributed by atoms with Crippen LogP contribution >= 0.6 is 23.2 Å². The summed E-state index contributed by atoms with van der Waals surface area (Å²) in [7, 11) is 0. The van der Waals surface area contributed by atoms with Crippen molar-refractivity contribution in [2.24, 2.45) is 11.8 Å². The molecule has 2 atom stereocenters. The molecule has 2 fully saturated rings. The van der Waals surface area contributed by atoms with Crippen LogP contribution in [-0.4, -0.2) is 63.9 Å². The first-order valence-corrected chi connectivity index (χ1v) is 12.6. The standard InChI is InChI=1S/C25H29Cl2N5O2/c1-16(20-5-4-19(26)11-22(20)27)32-8-6-23(34)21-12-28-25(29-24(21)32)31-14-18(15-31)17-3-2-7-30(13-17)9-10-33/h4-6,8,11-12,16-18,33H,2-3,7,9-10,13-15H2,1H3/t16-,17+/m1/s1. The average Bonchev–Trinajstić information content (AvgIpc) is 2.78. The minimum absolute atomic E-state index is 0.0973. The lowest BCUT2D eigenvalue weighted by molar-refractivity contribution is 0.101. The molecule has 4 heterocycles. The zero-order valence-corrected chi connectivity index (χ0v) is 20.7. The predicted molar refractivity (Wildman–Crippen MR) is 136 cm³/mol. The van der Waals surface area contributed by atoms with Gasteiger partial charge in [0.1, 0.15) is 5.65 Å². The quantitative estimate of drug-likeness (QED) is 0.552. The molecule has 2 aromatic heterocycles. The van der Waals surface area contributed by atoms with E-state index < -0.39 is 0 Å². The highest BCUT2D eigenvalue weighted by molar-refractivity contribution is 6.35. The number of hydrogen-bond donors (Lipinski definition) is 1. The van der Waals surface area contributed by atoms with Crippen LogP contribution < -0.4 is 10.3 Å². The number of likely N-dealkylation sites (tertiary alicyclic amines) is 1. The summed E-state index contributed by atoms with van der Waals surface area (Å²) >= 11 is 12.6. The van der Waals surface area contributed by atoms with Gasteiger partial charge in [-0.2, -0.15) is 4.98 Å². The molecular formula is C25H29Cl2N5O2. The molecule has 0 aliphatic carbocycles. The largest absolute Gasteiger partial charge is 0.395 e. The molecule has 0 spiro atoms. The number of β-amino-alcohol motifs (C(OH)–C–C–N with tert-alkyl or cyclic N) is 1. The molecule has 0 bridgehead atoms. The van der Waals surface area contributed by atoms with Crippen molar-refractivity contribution in [2.75, 3.05) is 44.2 Å². The molecule has 0 amide bonds. The minimum Gasteiger partial charge on any atom is -0.395 e. The molecule has 1 N–H and O–H groups in total. The Morgan fingerprint density at radius 2 is 2.00 bits per heavy atom. The van der Waals surface area contributed by atoms with E-state index in [0.29, 0.717) is 38.9 Å². The zero-order chi connectivity index (χ0) is 23.8. The van der Waals surface area contributed by atoms with E-state index in [9.17, 15) is 9.90 Å². The number of pyridine rings is 1. The lowest BCUT2D eigenvalue weighted by Crippen LogP contribution is -2.54. The molecule has 2 saturated heterocycles. The number of nitrogens with zero attached hydrogens (tertiary/aromatic N) is 5. The van der Waals surface area contributed by atoms with Crippen LogP contribution in [0.3, 0.4) is 0 Å². The maximum absolute atomic E-state index is 12.5. The number of aliphatic hydroxyl groups is 1. The second kappa shape index (κ2) is 9.82. The van der Waals surface area contributed by atoms with E-state index in [1.165, 1.54) is 12.8 Å². The van der Waals surface area contributed by atoms with Crippen molar-refractivity contribution < 1.29 is 5.11 Å². The van der Waals surface area contributed by atoms with Crippen LogP contribution in [-0.2, 0) is 0 Å². The van der Waals surface area contributed by atoms with Crippen LogP contribution in [0, 0.1) is 11.8 Å². The third-order valence-electron chi connectivity index (χ3n) is 7.30. The van der Waals surface area contributed by atoms with Gasteiger partial charge in [0.05, 0.1) is 18.0 Å². The molecule has 0 radical (unpaired) electrons. The number of benzene rings is 1. The first kappa shape index (κ1) is 23.5. The highest BCUT2D eigenvalue weighted by Crippen LogP contribution is 2.34. The fourth-order valence-electron chi connectivity index (χ4n) is 5.29. The summed E-state index contributed by atoms with van der Waals surface area (Å²) in [6.07, 6.45) is 5.83. The first-order valence-electron chi connectivity index (χ1n) is 11.9. The van der Waals surface area contributed by atoms with Crippen molar-refractivity contribution in [2.45, 2.75) is 25.8 Å². The van der Waals surface area contributed by atoms with Crippen molar-refractivity contribution in [1.82, 2.24) is 19.4 Å². The molecule has 5 rings (SSSR count). The van der Waals surface area contributed by atoms with E-state index in [1.807, 2.05) is 23.6 Å². The predicted octanol–water partition coefficient (Wildman–Crippen LogP) is 3.85. The van der Waals surface area contributed by atoms with Gasteiger partial charge >= 0.3 is 0 Å². The number of aliphatic hydroxyl groups excluding tert-OH is 1. The minimum atomic E-state index is -0.139. The second-order valence-corrected chi connectivity index (χ2v) is 10.3. The molecule has 2 aliphatic rings. The summed E-state index contributed by atoms with van der Waals surface area (Å²) in [5, 5.41) is 10.9. The summed E-state index contributed by atoms with van der Waals surface area (Å²) in [5.74, 6) is 1.90. The third kappa shape index (κ3) is 4.54. The van der Waals surface area contributed by atoms with Gasteiger partial charge in [-0.15, -0.1) is 0 Å². The number of fused-ring (bicyclic) bond motifs is 1. The number of aromatic nitrogens is 3. The number of hydrogen-bond acceptors (Lipinski definition) is 6. The van der Waals surface area contributed by atoms with Crippen molar-refractivity contribution in [3.8, 4) is 0 Å². The fourth-order valence-corrected chi connectivity index (χ4v) is 5.86. The highest BCUT2D eigenvalue weighted by Gasteiger charge is 2.37. The van der Waals surface area contributed by atoms with E-state index in [0.717, 1.165) is 38.3 Å². The molecule has 180 valence electrons. The molecule has 34 heavy (non-hydrogen) atoms. The van der Waals surface area contributed by atoms with Gasteiger partial charge in [-0.3, -0.25) is 4.79 Å². The number of rotatable bonds is 6. The topological polar surface area (TPSA) is 74.5 Å². The summed E-state index contributed by atoms with van der Waals surface area (Å²) in [6.45, 7) is 6.97. The summed E-state index contributed by atoms with van der Waals surface area (Å²) < 4.78 is 1.97. The maximum atomic E-state index is 12.5. The molecule has 0 saturated carbocycles. The number of halogens is 2. The van der Waals surface area contributed by atoms with Gasteiger partial charge in [-0.05, 0) is 55.8 Å². The third-order valence-corrected chi connectivity index (χ3v) is 7.86. The molecule has 2 aliphatic heterocycles. The van der Waals surface area contributed by atoms with E-state index in [-0.39, 0.29) is 18.1 Å². The van der Waals surface area contributed by atoms with Gasteiger partial charge in [0, 0.05) is 54.7 Å². The Morgan fingerprint density at radius 3 is 2.76 bits per heavy atom. The van der Waals surface area contributed by atoms with Crippen LogP contribution in [0.15, 0.2) is 41.5 Å². The van der Waals surface area contributed by atoms with Gasteiger partial charge in [-0.25, -0.2) is 4.98 Å². The summed E-state index contributed by atoms with van der Waals surface area (Å²) in [4.78, 5) is 26.5. The summed E-state index contributed by atoms with van der Waals surface area (Å²) in [5.41, 5.74) is 1.41.